The van der Waals surface area contributed by atoms with E-state index < -0.39 is 0 Å². The van der Waals surface area contributed by atoms with Crippen LogP contribution in [0.4, 0.5) is 4.39 Å². The number of allylic oxidation sites excluding steroid dienone is 2. The van der Waals surface area contributed by atoms with E-state index in [9.17, 15) is 9.18 Å². The van der Waals surface area contributed by atoms with Gasteiger partial charge in [-0.2, -0.15) is 5.10 Å². The lowest BCUT2D eigenvalue weighted by Crippen LogP contribution is -2.29. The molecule has 0 spiro atoms. The van der Waals surface area contributed by atoms with Gasteiger partial charge in [0, 0.05) is 23.0 Å². The van der Waals surface area contributed by atoms with Gasteiger partial charge >= 0.3 is 0 Å². The first-order valence-electron chi connectivity index (χ1n) is 10.2. The Kier molecular flexibility index (Phi) is 5.65. The minimum absolute atomic E-state index is 0.0695. The second-order valence-electron chi connectivity index (χ2n) is 7.48. The van der Waals surface area contributed by atoms with Crippen LogP contribution in [0.3, 0.4) is 0 Å². The molecule has 4 rings (SSSR count). The van der Waals surface area contributed by atoms with Crippen molar-refractivity contribution in [2.45, 2.75) is 39.2 Å². The van der Waals surface area contributed by atoms with E-state index in [2.05, 4.69) is 34.5 Å². The van der Waals surface area contributed by atoms with Gasteiger partial charge in [0.05, 0.1) is 23.6 Å². The standard InChI is InChI=1S/C24H25FN4O/c1-3-22(17-13-16(2)26-14-17)28-24(30)20-7-5-4-6-8-23-21(20)15-27-29(23)19-11-9-18(25)10-12-19/h6-15,22,26H,3-5H2,1-2H3,(H,28,30). The van der Waals surface area contributed by atoms with Crippen LogP contribution in [0.2, 0.25) is 0 Å². The summed E-state index contributed by atoms with van der Waals surface area (Å²) >= 11 is 0. The Bertz CT molecular complexity index is 1100. The summed E-state index contributed by atoms with van der Waals surface area (Å²) < 4.78 is 15.1. The van der Waals surface area contributed by atoms with Crippen molar-refractivity contribution in [1.29, 1.82) is 0 Å². The molecule has 0 saturated heterocycles. The van der Waals surface area contributed by atoms with Crippen LogP contribution in [-0.2, 0) is 4.79 Å². The van der Waals surface area contributed by atoms with Crippen molar-refractivity contribution in [3.8, 4) is 5.69 Å². The molecule has 30 heavy (non-hydrogen) atoms. The monoisotopic (exact) mass is 404 g/mol. The third-order valence-corrected chi connectivity index (χ3v) is 5.34. The predicted molar refractivity (Wildman–Crippen MR) is 116 cm³/mol. The zero-order valence-electron chi connectivity index (χ0n) is 17.2. The lowest BCUT2D eigenvalue weighted by Gasteiger charge is -2.18. The summed E-state index contributed by atoms with van der Waals surface area (Å²) in [7, 11) is 0. The molecule has 1 aromatic carbocycles. The van der Waals surface area contributed by atoms with E-state index in [1.165, 1.54) is 12.1 Å². The number of nitrogens with one attached hydrogen (secondary N) is 2. The van der Waals surface area contributed by atoms with E-state index in [4.69, 9.17) is 0 Å². The summed E-state index contributed by atoms with van der Waals surface area (Å²) in [5.41, 5.74) is 5.08. The van der Waals surface area contributed by atoms with Crippen molar-refractivity contribution < 1.29 is 9.18 Å². The maximum absolute atomic E-state index is 13.3. The van der Waals surface area contributed by atoms with Gasteiger partial charge in [0.15, 0.2) is 0 Å². The number of hydrogen-bond donors (Lipinski definition) is 2. The number of benzene rings is 1. The molecule has 1 unspecified atom stereocenters. The molecule has 2 N–H and O–H groups in total. The SMILES string of the molecule is CCC(NC(=O)C1=CCCC=Cc2c1cnn2-c1ccc(F)cc1)c1c[nH]c(C)c1. The fourth-order valence-electron chi connectivity index (χ4n) is 3.75. The first kappa shape index (κ1) is 19.9. The first-order chi connectivity index (χ1) is 14.6. The van der Waals surface area contributed by atoms with Crippen LogP contribution in [-0.4, -0.2) is 20.7 Å². The Morgan fingerprint density at radius 2 is 2.10 bits per heavy atom. The van der Waals surface area contributed by atoms with E-state index in [1.54, 1.807) is 23.0 Å². The quantitative estimate of drug-likeness (QED) is 0.621. The van der Waals surface area contributed by atoms with Crippen LogP contribution in [0.5, 0.6) is 0 Å². The maximum Gasteiger partial charge on any atom is 0.252 e. The lowest BCUT2D eigenvalue weighted by atomic mass is 9.99. The fourth-order valence-corrected chi connectivity index (χ4v) is 3.75. The van der Waals surface area contributed by atoms with Crippen molar-refractivity contribution >= 4 is 17.6 Å². The molecular weight excluding hydrogens is 379 g/mol. The summed E-state index contributed by atoms with van der Waals surface area (Å²) in [6, 6.07) is 8.16. The number of amides is 1. The average Bonchev–Trinajstić information content (AvgIpc) is 3.33. The molecule has 154 valence electrons. The van der Waals surface area contributed by atoms with Crippen LogP contribution < -0.4 is 5.32 Å². The lowest BCUT2D eigenvalue weighted by molar-refractivity contribution is -0.116. The number of aromatic nitrogens is 3. The second kappa shape index (κ2) is 8.53. The van der Waals surface area contributed by atoms with Crippen LogP contribution in [0.25, 0.3) is 17.3 Å². The number of hydrogen-bond acceptors (Lipinski definition) is 2. The fraction of sp³-hybridized carbons (Fsp3) is 0.250. The van der Waals surface area contributed by atoms with E-state index in [0.717, 1.165) is 47.5 Å². The van der Waals surface area contributed by atoms with Gasteiger partial charge in [-0.3, -0.25) is 4.79 Å². The average molecular weight is 404 g/mol. The van der Waals surface area contributed by atoms with Crippen molar-refractivity contribution in [2.24, 2.45) is 0 Å². The highest BCUT2D eigenvalue weighted by Crippen LogP contribution is 2.28. The van der Waals surface area contributed by atoms with Crippen molar-refractivity contribution in [1.82, 2.24) is 20.1 Å². The minimum atomic E-state index is -0.296. The normalized spacial score (nSPS) is 14.4. The minimum Gasteiger partial charge on any atom is -0.365 e. The summed E-state index contributed by atoms with van der Waals surface area (Å²) in [4.78, 5) is 16.4. The molecular formula is C24H25FN4O. The van der Waals surface area contributed by atoms with Gasteiger partial charge in [0.2, 0.25) is 0 Å². The van der Waals surface area contributed by atoms with Gasteiger partial charge in [-0.1, -0.05) is 19.1 Å². The third kappa shape index (κ3) is 3.99. The molecule has 3 aromatic rings. The van der Waals surface area contributed by atoms with Gasteiger partial charge in [0.25, 0.3) is 5.91 Å². The number of aromatic amines is 1. The number of aryl methyl sites for hydroxylation is 1. The Morgan fingerprint density at radius 1 is 1.30 bits per heavy atom. The molecule has 0 bridgehead atoms. The number of H-pyrrole nitrogens is 1. The van der Waals surface area contributed by atoms with E-state index in [0.29, 0.717) is 5.57 Å². The maximum atomic E-state index is 13.3. The molecule has 1 aliphatic rings. The largest absolute Gasteiger partial charge is 0.365 e. The first-order valence-corrected chi connectivity index (χ1v) is 10.2. The Labute approximate surface area is 175 Å². The molecule has 0 radical (unpaired) electrons. The van der Waals surface area contributed by atoms with Crippen LogP contribution in [0.1, 0.15) is 54.7 Å². The molecule has 2 heterocycles. The topological polar surface area (TPSA) is 62.7 Å². The van der Waals surface area contributed by atoms with Crippen LogP contribution >= 0.6 is 0 Å². The van der Waals surface area contributed by atoms with Crippen LogP contribution in [0.15, 0.2) is 54.9 Å². The highest BCUT2D eigenvalue weighted by Gasteiger charge is 2.23. The number of halogens is 1. The molecule has 0 aliphatic heterocycles. The van der Waals surface area contributed by atoms with E-state index >= 15 is 0 Å². The smallest absolute Gasteiger partial charge is 0.252 e. The number of carbonyl (C=O) groups excluding carboxylic acids is 1. The third-order valence-electron chi connectivity index (χ3n) is 5.34. The van der Waals surface area contributed by atoms with Crippen molar-refractivity contribution in [2.75, 3.05) is 0 Å². The molecule has 1 atom stereocenters. The van der Waals surface area contributed by atoms with Gasteiger partial charge in [-0.25, -0.2) is 9.07 Å². The predicted octanol–water partition coefficient (Wildman–Crippen LogP) is 5.11. The highest BCUT2D eigenvalue weighted by atomic mass is 19.1. The van der Waals surface area contributed by atoms with E-state index in [1.807, 2.05) is 25.3 Å². The Hall–Kier alpha value is -3.41. The summed E-state index contributed by atoms with van der Waals surface area (Å²) in [5.74, 6) is -0.411. The van der Waals surface area contributed by atoms with Crippen LogP contribution in [0, 0.1) is 12.7 Å². The Morgan fingerprint density at radius 3 is 2.80 bits per heavy atom. The summed E-state index contributed by atoms with van der Waals surface area (Å²) in [5, 5.41) is 7.67. The number of carbonyl (C=O) groups is 1. The zero-order chi connectivity index (χ0) is 21.1. The highest BCUT2D eigenvalue weighted by molar-refractivity contribution is 6.20. The molecule has 6 heteroatoms. The van der Waals surface area contributed by atoms with Crippen molar-refractivity contribution in [3.05, 3.63) is 83.2 Å². The van der Waals surface area contributed by atoms with E-state index in [-0.39, 0.29) is 17.8 Å². The summed E-state index contributed by atoms with van der Waals surface area (Å²) in [6.07, 6.45) is 12.1. The molecule has 2 aromatic heterocycles. The zero-order valence-corrected chi connectivity index (χ0v) is 17.2. The van der Waals surface area contributed by atoms with Gasteiger partial charge in [-0.05, 0) is 68.2 Å². The molecule has 0 saturated carbocycles. The number of fused-ring (bicyclic) bond motifs is 1. The molecule has 1 amide bonds. The number of nitrogens with zero attached hydrogens (tertiary/aromatic N) is 2. The molecule has 1 aliphatic carbocycles. The summed E-state index contributed by atoms with van der Waals surface area (Å²) in [6.45, 7) is 4.05. The number of rotatable bonds is 5. The van der Waals surface area contributed by atoms with Gasteiger partial charge in [0.1, 0.15) is 5.82 Å². The van der Waals surface area contributed by atoms with Gasteiger partial charge in [-0.15, -0.1) is 0 Å². The van der Waals surface area contributed by atoms with Crippen molar-refractivity contribution in [3.63, 3.8) is 0 Å². The molecule has 0 fully saturated rings. The van der Waals surface area contributed by atoms with Gasteiger partial charge < -0.3 is 10.3 Å². The Balaban J connectivity index is 1.67. The second-order valence-corrected chi connectivity index (χ2v) is 7.48. The molecule has 5 nitrogen and oxygen atoms in total.